The summed E-state index contributed by atoms with van der Waals surface area (Å²) in [6.45, 7) is 2.09. The zero-order valence-electron chi connectivity index (χ0n) is 7.82. The van der Waals surface area contributed by atoms with E-state index < -0.39 is 12.6 Å². The number of alkyl halides is 3. The Balaban J connectivity index is 2.09. The van der Waals surface area contributed by atoms with Crippen LogP contribution in [0.1, 0.15) is 32.6 Å². The third-order valence-corrected chi connectivity index (χ3v) is 2.45. The minimum Gasteiger partial charge on any atom is -0.313 e. The first-order chi connectivity index (χ1) is 6.03. The lowest BCUT2D eigenvalue weighted by atomic mass is 10.1. The van der Waals surface area contributed by atoms with E-state index in [0.29, 0.717) is 12.0 Å². The third kappa shape index (κ3) is 4.50. The van der Waals surface area contributed by atoms with Crippen LogP contribution < -0.4 is 5.32 Å². The molecule has 1 aliphatic carbocycles. The predicted molar refractivity (Wildman–Crippen MR) is 45.5 cm³/mol. The van der Waals surface area contributed by atoms with E-state index in [-0.39, 0.29) is 6.54 Å². The summed E-state index contributed by atoms with van der Waals surface area (Å²) >= 11 is 0. The molecule has 0 heterocycles. The van der Waals surface area contributed by atoms with Gasteiger partial charge in [0.25, 0.3) is 0 Å². The van der Waals surface area contributed by atoms with Crippen LogP contribution in [-0.2, 0) is 0 Å². The average Bonchev–Trinajstić information content (AvgIpc) is 2.78. The largest absolute Gasteiger partial charge is 0.390 e. The van der Waals surface area contributed by atoms with Gasteiger partial charge in [-0.05, 0) is 25.2 Å². The van der Waals surface area contributed by atoms with Gasteiger partial charge in [-0.2, -0.15) is 13.2 Å². The van der Waals surface area contributed by atoms with Gasteiger partial charge < -0.3 is 5.32 Å². The molecule has 0 radical (unpaired) electrons. The Morgan fingerprint density at radius 3 is 2.38 bits per heavy atom. The maximum atomic E-state index is 11.8. The van der Waals surface area contributed by atoms with Gasteiger partial charge in [0.05, 0.1) is 6.42 Å². The molecular weight excluding hydrogens is 179 g/mol. The monoisotopic (exact) mass is 195 g/mol. The first-order valence-corrected chi connectivity index (χ1v) is 4.83. The SMILES string of the molecule is CCC(NCCC(F)(F)F)C1CC1. The zero-order valence-corrected chi connectivity index (χ0v) is 7.82. The van der Waals surface area contributed by atoms with E-state index in [1.54, 1.807) is 0 Å². The molecule has 1 unspecified atom stereocenters. The summed E-state index contributed by atoms with van der Waals surface area (Å²) in [4.78, 5) is 0. The van der Waals surface area contributed by atoms with E-state index in [1.165, 1.54) is 12.8 Å². The topological polar surface area (TPSA) is 12.0 Å². The fourth-order valence-corrected chi connectivity index (χ4v) is 1.54. The van der Waals surface area contributed by atoms with Crippen LogP contribution in [0, 0.1) is 5.92 Å². The van der Waals surface area contributed by atoms with E-state index >= 15 is 0 Å². The van der Waals surface area contributed by atoms with Crippen LogP contribution in [0.4, 0.5) is 13.2 Å². The summed E-state index contributed by atoms with van der Waals surface area (Å²) in [5.74, 6) is 0.637. The molecule has 0 bridgehead atoms. The molecule has 0 aliphatic heterocycles. The number of nitrogens with one attached hydrogen (secondary N) is 1. The average molecular weight is 195 g/mol. The second-order valence-electron chi connectivity index (χ2n) is 3.67. The summed E-state index contributed by atoms with van der Waals surface area (Å²) < 4.78 is 35.4. The minimum absolute atomic E-state index is 0.0680. The maximum absolute atomic E-state index is 11.8. The van der Waals surface area contributed by atoms with Crippen molar-refractivity contribution in [3.05, 3.63) is 0 Å². The molecule has 78 valence electrons. The molecule has 13 heavy (non-hydrogen) atoms. The van der Waals surface area contributed by atoms with Crippen molar-refractivity contribution < 1.29 is 13.2 Å². The molecule has 1 nitrogen and oxygen atoms in total. The van der Waals surface area contributed by atoms with E-state index in [9.17, 15) is 13.2 Å². The van der Waals surface area contributed by atoms with Gasteiger partial charge in [0.2, 0.25) is 0 Å². The van der Waals surface area contributed by atoms with Crippen LogP contribution >= 0.6 is 0 Å². The lowest BCUT2D eigenvalue weighted by molar-refractivity contribution is -0.133. The van der Waals surface area contributed by atoms with E-state index in [0.717, 1.165) is 6.42 Å². The summed E-state index contributed by atoms with van der Waals surface area (Å²) in [6, 6.07) is 0.308. The van der Waals surface area contributed by atoms with Gasteiger partial charge in [0.15, 0.2) is 0 Å². The van der Waals surface area contributed by atoms with Crippen LogP contribution in [0.25, 0.3) is 0 Å². The lowest BCUT2D eigenvalue weighted by Gasteiger charge is -2.16. The highest BCUT2D eigenvalue weighted by atomic mass is 19.4. The van der Waals surface area contributed by atoms with Crippen molar-refractivity contribution in [2.24, 2.45) is 5.92 Å². The quantitative estimate of drug-likeness (QED) is 0.711. The van der Waals surface area contributed by atoms with Crippen molar-refractivity contribution in [2.75, 3.05) is 6.54 Å². The Hall–Kier alpha value is -0.250. The maximum Gasteiger partial charge on any atom is 0.390 e. The fraction of sp³-hybridized carbons (Fsp3) is 1.00. The normalized spacial score (nSPS) is 20.3. The Morgan fingerprint density at radius 2 is 2.00 bits per heavy atom. The number of hydrogen-bond acceptors (Lipinski definition) is 1. The Bertz CT molecular complexity index is 151. The Kier molecular flexibility index (Phi) is 3.59. The third-order valence-electron chi connectivity index (χ3n) is 2.45. The highest BCUT2D eigenvalue weighted by Crippen LogP contribution is 2.34. The molecule has 0 saturated heterocycles. The van der Waals surface area contributed by atoms with Crippen LogP contribution in [0.5, 0.6) is 0 Å². The van der Waals surface area contributed by atoms with Gasteiger partial charge >= 0.3 is 6.18 Å². The van der Waals surface area contributed by atoms with Crippen molar-refractivity contribution in [3.8, 4) is 0 Å². The molecule has 1 atom stereocenters. The predicted octanol–water partition coefficient (Wildman–Crippen LogP) is 2.72. The van der Waals surface area contributed by atoms with Crippen LogP contribution in [0.2, 0.25) is 0 Å². The molecule has 1 aliphatic rings. The van der Waals surface area contributed by atoms with Gasteiger partial charge in [0, 0.05) is 12.6 Å². The summed E-state index contributed by atoms with van der Waals surface area (Å²) in [6.07, 6.45) is -1.44. The first-order valence-electron chi connectivity index (χ1n) is 4.83. The van der Waals surface area contributed by atoms with Crippen LogP contribution in [0.15, 0.2) is 0 Å². The van der Waals surface area contributed by atoms with Gasteiger partial charge in [-0.1, -0.05) is 6.92 Å². The molecule has 0 aromatic carbocycles. The molecule has 4 heteroatoms. The molecule has 0 aromatic rings. The smallest absolute Gasteiger partial charge is 0.313 e. The van der Waals surface area contributed by atoms with E-state index in [1.807, 2.05) is 6.92 Å². The van der Waals surface area contributed by atoms with Crippen molar-refractivity contribution in [1.82, 2.24) is 5.32 Å². The zero-order chi connectivity index (χ0) is 9.90. The summed E-state index contributed by atoms with van der Waals surface area (Å²) in [7, 11) is 0. The van der Waals surface area contributed by atoms with Crippen LogP contribution in [-0.4, -0.2) is 18.8 Å². The minimum atomic E-state index is -4.02. The second-order valence-corrected chi connectivity index (χ2v) is 3.67. The summed E-state index contributed by atoms with van der Waals surface area (Å²) in [5, 5.41) is 2.97. The number of rotatable bonds is 5. The van der Waals surface area contributed by atoms with Crippen molar-refractivity contribution >= 4 is 0 Å². The molecule has 1 rings (SSSR count). The Morgan fingerprint density at radius 1 is 1.38 bits per heavy atom. The lowest BCUT2D eigenvalue weighted by Crippen LogP contribution is -2.33. The van der Waals surface area contributed by atoms with E-state index in [4.69, 9.17) is 0 Å². The van der Waals surface area contributed by atoms with Gasteiger partial charge in [-0.3, -0.25) is 0 Å². The Labute approximate surface area is 76.7 Å². The van der Waals surface area contributed by atoms with Crippen LogP contribution in [0.3, 0.4) is 0 Å². The number of halogens is 3. The van der Waals surface area contributed by atoms with Crippen molar-refractivity contribution in [1.29, 1.82) is 0 Å². The molecule has 0 aromatic heterocycles. The van der Waals surface area contributed by atoms with Gasteiger partial charge in [0.1, 0.15) is 0 Å². The number of hydrogen-bond donors (Lipinski definition) is 1. The second kappa shape index (κ2) is 4.31. The summed E-state index contributed by atoms with van der Waals surface area (Å²) in [5.41, 5.74) is 0. The van der Waals surface area contributed by atoms with Crippen molar-refractivity contribution in [3.63, 3.8) is 0 Å². The molecule has 1 fully saturated rings. The van der Waals surface area contributed by atoms with Gasteiger partial charge in [-0.15, -0.1) is 0 Å². The molecule has 1 N–H and O–H groups in total. The standard InChI is InChI=1S/C9H16F3N/c1-2-8(7-3-4-7)13-6-5-9(10,11)12/h7-8,13H,2-6H2,1H3. The van der Waals surface area contributed by atoms with E-state index in [2.05, 4.69) is 5.32 Å². The molecule has 1 saturated carbocycles. The molecule has 0 amide bonds. The van der Waals surface area contributed by atoms with Gasteiger partial charge in [-0.25, -0.2) is 0 Å². The van der Waals surface area contributed by atoms with Crippen molar-refractivity contribution in [2.45, 2.75) is 44.8 Å². The molecular formula is C9H16F3N. The highest BCUT2D eigenvalue weighted by molar-refractivity contribution is 4.85. The highest BCUT2D eigenvalue weighted by Gasteiger charge is 2.31. The fourth-order valence-electron chi connectivity index (χ4n) is 1.54. The molecule has 0 spiro atoms. The first kappa shape index (κ1) is 10.8.